The Hall–Kier alpha value is -2.74. The highest BCUT2D eigenvalue weighted by atomic mass is 16.5. The zero-order valence-corrected chi connectivity index (χ0v) is 17.8. The normalized spacial score (nSPS) is 15.2. The summed E-state index contributed by atoms with van der Waals surface area (Å²) in [5, 5.41) is 0. The SMILES string of the molecule is COc1ccc(CN2CCC(c3cc(=O)[nH]c(N(C)C)n3)CC2)c(OC)c1OC. The van der Waals surface area contributed by atoms with Gasteiger partial charge in [0.25, 0.3) is 5.56 Å². The molecule has 1 aromatic carbocycles. The first-order valence-electron chi connectivity index (χ1n) is 9.75. The second-order valence-corrected chi connectivity index (χ2v) is 7.43. The van der Waals surface area contributed by atoms with Gasteiger partial charge in [0.15, 0.2) is 11.5 Å². The summed E-state index contributed by atoms with van der Waals surface area (Å²) in [7, 11) is 8.63. The molecule has 158 valence electrons. The van der Waals surface area contributed by atoms with Crippen LogP contribution in [0.25, 0.3) is 0 Å². The fraction of sp³-hybridized carbons (Fsp3) is 0.524. The van der Waals surface area contributed by atoms with E-state index in [9.17, 15) is 4.79 Å². The predicted octanol–water partition coefficient (Wildman–Crippen LogP) is 2.24. The summed E-state index contributed by atoms with van der Waals surface area (Å²) in [6.45, 7) is 2.61. The second kappa shape index (κ2) is 9.17. The smallest absolute Gasteiger partial charge is 0.252 e. The lowest BCUT2D eigenvalue weighted by molar-refractivity contribution is 0.200. The summed E-state index contributed by atoms with van der Waals surface area (Å²) in [5.41, 5.74) is 1.84. The number of piperidine rings is 1. The van der Waals surface area contributed by atoms with Crippen molar-refractivity contribution >= 4 is 5.95 Å². The maximum atomic E-state index is 12.0. The van der Waals surface area contributed by atoms with E-state index in [4.69, 9.17) is 14.2 Å². The van der Waals surface area contributed by atoms with Crippen LogP contribution >= 0.6 is 0 Å². The average molecular weight is 402 g/mol. The number of anilines is 1. The Balaban J connectivity index is 1.70. The average Bonchev–Trinajstić information content (AvgIpc) is 2.73. The third kappa shape index (κ3) is 4.64. The number of nitrogens with one attached hydrogen (secondary N) is 1. The Bertz CT molecular complexity index is 889. The van der Waals surface area contributed by atoms with Crippen molar-refractivity contribution < 1.29 is 14.2 Å². The molecule has 0 radical (unpaired) electrons. The third-order valence-corrected chi connectivity index (χ3v) is 5.36. The number of aromatic amines is 1. The van der Waals surface area contributed by atoms with E-state index < -0.39 is 0 Å². The number of benzene rings is 1. The largest absolute Gasteiger partial charge is 0.493 e. The molecule has 1 N–H and O–H groups in total. The number of methoxy groups -OCH3 is 3. The van der Waals surface area contributed by atoms with E-state index in [2.05, 4.69) is 14.9 Å². The van der Waals surface area contributed by atoms with Crippen molar-refractivity contribution in [3.63, 3.8) is 0 Å². The fourth-order valence-electron chi connectivity index (χ4n) is 3.80. The predicted molar refractivity (Wildman–Crippen MR) is 113 cm³/mol. The van der Waals surface area contributed by atoms with Crippen LogP contribution in [0.1, 0.15) is 30.0 Å². The number of likely N-dealkylation sites (tertiary alicyclic amines) is 1. The van der Waals surface area contributed by atoms with E-state index in [0.29, 0.717) is 29.1 Å². The molecule has 0 bridgehead atoms. The van der Waals surface area contributed by atoms with Crippen LogP contribution in [-0.2, 0) is 6.54 Å². The molecule has 8 nitrogen and oxygen atoms in total. The highest BCUT2D eigenvalue weighted by Gasteiger charge is 2.24. The number of rotatable bonds is 7. The maximum absolute atomic E-state index is 12.0. The summed E-state index contributed by atoms with van der Waals surface area (Å²) < 4.78 is 16.5. The minimum atomic E-state index is -0.101. The second-order valence-electron chi connectivity index (χ2n) is 7.43. The molecule has 3 rings (SSSR count). The molecular formula is C21H30N4O4. The van der Waals surface area contributed by atoms with E-state index >= 15 is 0 Å². The number of hydrogen-bond acceptors (Lipinski definition) is 7. The molecule has 2 heterocycles. The summed E-state index contributed by atoms with van der Waals surface area (Å²) in [5.74, 6) is 2.88. The first-order chi connectivity index (χ1) is 14.0. The van der Waals surface area contributed by atoms with Gasteiger partial charge in [0.2, 0.25) is 11.7 Å². The van der Waals surface area contributed by atoms with Crippen LogP contribution in [0, 0.1) is 0 Å². The minimum Gasteiger partial charge on any atom is -0.493 e. The molecule has 1 aromatic heterocycles. The van der Waals surface area contributed by atoms with Crippen LogP contribution in [0.5, 0.6) is 17.2 Å². The van der Waals surface area contributed by atoms with E-state index in [-0.39, 0.29) is 5.56 Å². The lowest BCUT2D eigenvalue weighted by atomic mass is 9.93. The highest BCUT2D eigenvalue weighted by Crippen LogP contribution is 2.40. The van der Waals surface area contributed by atoms with Gasteiger partial charge in [0.1, 0.15) is 0 Å². The fourth-order valence-corrected chi connectivity index (χ4v) is 3.80. The lowest BCUT2D eigenvalue weighted by Crippen LogP contribution is -2.33. The molecule has 8 heteroatoms. The third-order valence-electron chi connectivity index (χ3n) is 5.36. The number of aromatic nitrogens is 2. The van der Waals surface area contributed by atoms with E-state index in [1.807, 2.05) is 31.1 Å². The molecule has 0 aliphatic carbocycles. The Kier molecular flexibility index (Phi) is 6.64. The van der Waals surface area contributed by atoms with Gasteiger partial charge in [-0.25, -0.2) is 4.98 Å². The molecule has 1 aliphatic heterocycles. The number of H-pyrrole nitrogens is 1. The van der Waals surface area contributed by atoms with Gasteiger partial charge in [-0.1, -0.05) is 6.07 Å². The maximum Gasteiger partial charge on any atom is 0.252 e. The first kappa shape index (κ1) is 21.0. The zero-order chi connectivity index (χ0) is 21.0. The monoisotopic (exact) mass is 402 g/mol. The van der Waals surface area contributed by atoms with Gasteiger partial charge < -0.3 is 19.1 Å². The minimum absolute atomic E-state index is 0.101. The summed E-state index contributed by atoms with van der Waals surface area (Å²) >= 11 is 0. The Morgan fingerprint density at radius 1 is 1.10 bits per heavy atom. The van der Waals surface area contributed by atoms with E-state index in [1.54, 1.807) is 27.4 Å². The zero-order valence-electron chi connectivity index (χ0n) is 17.8. The van der Waals surface area contributed by atoms with Gasteiger partial charge in [-0.2, -0.15) is 0 Å². The molecule has 0 atom stereocenters. The molecule has 29 heavy (non-hydrogen) atoms. The van der Waals surface area contributed by atoms with Gasteiger partial charge in [-0.3, -0.25) is 14.7 Å². The molecule has 0 unspecified atom stereocenters. The number of hydrogen-bond donors (Lipinski definition) is 1. The van der Waals surface area contributed by atoms with Crippen LogP contribution in [-0.4, -0.2) is 63.4 Å². The Labute approximate surface area is 171 Å². The van der Waals surface area contributed by atoms with Crippen LogP contribution in [0.4, 0.5) is 5.95 Å². The number of ether oxygens (including phenoxy) is 3. The van der Waals surface area contributed by atoms with Crippen molar-refractivity contribution in [1.29, 1.82) is 0 Å². The molecule has 0 saturated carbocycles. The molecule has 0 spiro atoms. The van der Waals surface area contributed by atoms with Crippen molar-refractivity contribution in [2.45, 2.75) is 25.3 Å². The molecular weight excluding hydrogens is 372 g/mol. The van der Waals surface area contributed by atoms with Gasteiger partial charge >= 0.3 is 0 Å². The molecule has 1 fully saturated rings. The van der Waals surface area contributed by atoms with Crippen molar-refractivity contribution in [1.82, 2.24) is 14.9 Å². The van der Waals surface area contributed by atoms with Crippen LogP contribution in [0.15, 0.2) is 23.0 Å². The Morgan fingerprint density at radius 2 is 1.79 bits per heavy atom. The van der Waals surface area contributed by atoms with Gasteiger partial charge in [0, 0.05) is 38.2 Å². The molecule has 2 aromatic rings. The molecule has 1 saturated heterocycles. The molecule has 1 aliphatic rings. The van der Waals surface area contributed by atoms with Crippen molar-refractivity contribution in [3.05, 3.63) is 39.8 Å². The van der Waals surface area contributed by atoms with Gasteiger partial charge in [-0.15, -0.1) is 0 Å². The first-order valence-corrected chi connectivity index (χ1v) is 9.75. The quantitative estimate of drug-likeness (QED) is 0.761. The lowest BCUT2D eigenvalue weighted by Gasteiger charge is -2.32. The Morgan fingerprint density at radius 3 is 2.38 bits per heavy atom. The van der Waals surface area contributed by atoms with Gasteiger partial charge in [-0.05, 0) is 32.0 Å². The highest BCUT2D eigenvalue weighted by molar-refractivity contribution is 5.55. The number of nitrogens with zero attached hydrogens (tertiary/aromatic N) is 3. The molecule has 0 amide bonds. The van der Waals surface area contributed by atoms with Crippen LogP contribution < -0.4 is 24.7 Å². The summed E-state index contributed by atoms with van der Waals surface area (Å²) in [6.07, 6.45) is 1.91. The van der Waals surface area contributed by atoms with Crippen molar-refractivity contribution in [2.24, 2.45) is 0 Å². The van der Waals surface area contributed by atoms with Crippen molar-refractivity contribution in [3.8, 4) is 17.2 Å². The topological polar surface area (TPSA) is 79.9 Å². The van der Waals surface area contributed by atoms with Crippen LogP contribution in [0.2, 0.25) is 0 Å². The standard InChI is InChI=1S/C21H30N4O4/c1-24(2)21-22-16(12-18(26)23-21)14-8-10-25(11-9-14)13-15-6-7-17(27-3)20(29-5)19(15)28-4/h6-7,12,14H,8-11,13H2,1-5H3,(H,22,23,26). The van der Waals surface area contributed by atoms with Gasteiger partial charge in [0.05, 0.1) is 27.0 Å². The summed E-state index contributed by atoms with van der Waals surface area (Å²) in [4.78, 5) is 23.6. The van der Waals surface area contributed by atoms with Crippen molar-refractivity contribution in [2.75, 3.05) is 53.4 Å². The van der Waals surface area contributed by atoms with Crippen LogP contribution in [0.3, 0.4) is 0 Å². The summed E-state index contributed by atoms with van der Waals surface area (Å²) in [6, 6.07) is 5.56. The van der Waals surface area contributed by atoms with E-state index in [1.165, 1.54) is 0 Å². The van der Waals surface area contributed by atoms with E-state index in [0.717, 1.165) is 43.7 Å².